The van der Waals surface area contributed by atoms with E-state index in [4.69, 9.17) is 4.74 Å². The van der Waals surface area contributed by atoms with E-state index in [9.17, 15) is 5.11 Å². The summed E-state index contributed by atoms with van der Waals surface area (Å²) in [5.41, 5.74) is 2.04. The van der Waals surface area contributed by atoms with E-state index in [2.05, 4.69) is 11.1 Å². The molecule has 3 nitrogen and oxygen atoms in total. The van der Waals surface area contributed by atoms with Gasteiger partial charge < -0.3 is 9.84 Å². The summed E-state index contributed by atoms with van der Waals surface area (Å²) in [5.74, 6) is 0.883. The third kappa shape index (κ3) is 4.35. The second-order valence-corrected chi connectivity index (χ2v) is 5.15. The predicted octanol–water partition coefficient (Wildman–Crippen LogP) is 3.54. The van der Waals surface area contributed by atoms with Crippen molar-refractivity contribution in [3.63, 3.8) is 0 Å². The number of hydrogen-bond donors (Lipinski definition) is 1. The molecule has 0 saturated heterocycles. The number of rotatable bonds is 6. The maximum absolute atomic E-state index is 10.1. The Morgan fingerprint density at radius 2 is 2.05 bits per heavy atom. The Balaban J connectivity index is 1.94. The normalized spacial score (nSPS) is 12.4. The minimum atomic E-state index is -0.474. The highest BCUT2D eigenvalue weighted by Crippen LogP contribution is 2.20. The zero-order valence-corrected chi connectivity index (χ0v) is 12.0. The number of nitrogens with zero attached hydrogens (tertiary/aromatic N) is 1. The Kier molecular flexibility index (Phi) is 5.13. The minimum Gasteiger partial charge on any atom is -0.491 e. The molecule has 0 fully saturated rings. The van der Waals surface area contributed by atoms with Crippen molar-refractivity contribution in [3.05, 3.63) is 59.9 Å². The van der Waals surface area contributed by atoms with E-state index in [1.54, 1.807) is 12.4 Å². The van der Waals surface area contributed by atoms with E-state index in [1.165, 1.54) is 5.56 Å². The molecule has 0 aliphatic rings. The number of aryl methyl sites for hydroxylation is 1. The van der Waals surface area contributed by atoms with Crippen molar-refractivity contribution in [3.8, 4) is 5.75 Å². The molecular formula is C17H21NO2. The summed E-state index contributed by atoms with van der Waals surface area (Å²) in [7, 11) is 0. The third-order valence-corrected chi connectivity index (χ3v) is 3.05. The van der Waals surface area contributed by atoms with Crippen molar-refractivity contribution < 1.29 is 9.84 Å². The second-order valence-electron chi connectivity index (χ2n) is 5.15. The molecule has 1 atom stereocenters. The lowest BCUT2D eigenvalue weighted by atomic mass is 10.0. The lowest BCUT2D eigenvalue weighted by Crippen LogP contribution is -2.06. The van der Waals surface area contributed by atoms with E-state index < -0.39 is 6.10 Å². The Morgan fingerprint density at radius 3 is 2.75 bits per heavy atom. The molecule has 3 heteroatoms. The van der Waals surface area contributed by atoms with Crippen molar-refractivity contribution >= 4 is 0 Å². The summed E-state index contributed by atoms with van der Waals surface area (Å²) >= 11 is 0. The zero-order chi connectivity index (χ0) is 14.4. The second kappa shape index (κ2) is 7.06. The van der Waals surface area contributed by atoms with E-state index in [0.29, 0.717) is 6.42 Å². The van der Waals surface area contributed by atoms with Crippen LogP contribution in [0, 0.1) is 0 Å². The topological polar surface area (TPSA) is 42.4 Å². The summed E-state index contributed by atoms with van der Waals surface area (Å²) in [4.78, 5) is 4.03. The van der Waals surface area contributed by atoms with Crippen LogP contribution in [0.15, 0.2) is 48.8 Å². The largest absolute Gasteiger partial charge is 0.491 e. The van der Waals surface area contributed by atoms with Crippen molar-refractivity contribution in [2.45, 2.75) is 38.9 Å². The first kappa shape index (κ1) is 14.5. The number of aromatic nitrogens is 1. The Bertz CT molecular complexity index is 526. The standard InChI is InChI=1S/C17H21NO2/c1-13(2)20-16-7-3-5-14(11-16)8-9-17(19)15-6-4-10-18-12-15/h3-7,10-13,17,19H,8-9H2,1-2H3. The summed E-state index contributed by atoms with van der Waals surface area (Å²) in [6, 6.07) is 11.8. The lowest BCUT2D eigenvalue weighted by molar-refractivity contribution is 0.167. The molecule has 2 aromatic rings. The van der Waals surface area contributed by atoms with Crippen LogP contribution < -0.4 is 4.74 Å². The molecule has 2 rings (SSSR count). The highest BCUT2D eigenvalue weighted by atomic mass is 16.5. The Labute approximate surface area is 120 Å². The maximum atomic E-state index is 10.1. The highest BCUT2D eigenvalue weighted by molar-refractivity contribution is 5.29. The zero-order valence-electron chi connectivity index (χ0n) is 12.0. The minimum absolute atomic E-state index is 0.172. The van der Waals surface area contributed by atoms with Gasteiger partial charge in [-0.1, -0.05) is 18.2 Å². The van der Waals surface area contributed by atoms with E-state index in [-0.39, 0.29) is 6.10 Å². The quantitative estimate of drug-likeness (QED) is 0.874. The van der Waals surface area contributed by atoms with Crippen molar-refractivity contribution in [1.82, 2.24) is 4.98 Å². The van der Waals surface area contributed by atoms with Gasteiger partial charge in [0, 0.05) is 12.4 Å². The van der Waals surface area contributed by atoms with Gasteiger partial charge in [0.2, 0.25) is 0 Å². The molecule has 1 aromatic carbocycles. The summed E-state index contributed by atoms with van der Waals surface area (Å²) in [6.45, 7) is 4.03. The van der Waals surface area contributed by atoms with E-state index in [1.807, 2.05) is 44.2 Å². The van der Waals surface area contributed by atoms with Gasteiger partial charge in [-0.15, -0.1) is 0 Å². The van der Waals surface area contributed by atoms with Crippen LogP contribution >= 0.6 is 0 Å². The van der Waals surface area contributed by atoms with Gasteiger partial charge in [0.25, 0.3) is 0 Å². The van der Waals surface area contributed by atoms with Crippen LogP contribution in [0.25, 0.3) is 0 Å². The molecule has 0 aliphatic carbocycles. The van der Waals surface area contributed by atoms with E-state index in [0.717, 1.165) is 17.7 Å². The number of ether oxygens (including phenoxy) is 1. The van der Waals surface area contributed by atoms with Crippen molar-refractivity contribution in [1.29, 1.82) is 0 Å². The molecule has 0 aliphatic heterocycles. The molecule has 0 amide bonds. The number of hydrogen-bond acceptors (Lipinski definition) is 3. The molecule has 1 unspecified atom stereocenters. The van der Waals surface area contributed by atoms with Crippen molar-refractivity contribution in [2.24, 2.45) is 0 Å². The molecule has 1 aromatic heterocycles. The first-order chi connectivity index (χ1) is 9.65. The molecule has 0 radical (unpaired) electrons. The maximum Gasteiger partial charge on any atom is 0.119 e. The van der Waals surface area contributed by atoms with Gasteiger partial charge in [0.05, 0.1) is 12.2 Å². The summed E-state index contributed by atoms with van der Waals surface area (Å²) in [5, 5.41) is 10.1. The van der Waals surface area contributed by atoms with Crippen LogP contribution in [0.4, 0.5) is 0 Å². The average Bonchev–Trinajstić information content (AvgIpc) is 2.45. The first-order valence-electron chi connectivity index (χ1n) is 6.98. The van der Waals surface area contributed by atoms with Crippen LogP contribution in [0.2, 0.25) is 0 Å². The highest BCUT2D eigenvalue weighted by Gasteiger charge is 2.08. The van der Waals surface area contributed by atoms with Gasteiger partial charge in [-0.25, -0.2) is 0 Å². The molecule has 106 valence electrons. The first-order valence-corrected chi connectivity index (χ1v) is 6.98. The van der Waals surface area contributed by atoms with Crippen LogP contribution in [0.3, 0.4) is 0 Å². The van der Waals surface area contributed by atoms with Gasteiger partial charge >= 0.3 is 0 Å². The van der Waals surface area contributed by atoms with Crippen LogP contribution in [-0.4, -0.2) is 16.2 Å². The Hall–Kier alpha value is -1.87. The molecular weight excluding hydrogens is 250 g/mol. The van der Waals surface area contributed by atoms with Gasteiger partial charge in [-0.3, -0.25) is 4.98 Å². The molecule has 0 bridgehead atoms. The third-order valence-electron chi connectivity index (χ3n) is 3.05. The summed E-state index contributed by atoms with van der Waals surface area (Å²) in [6.07, 6.45) is 4.61. The van der Waals surface area contributed by atoms with Crippen molar-refractivity contribution in [2.75, 3.05) is 0 Å². The van der Waals surface area contributed by atoms with Crippen LogP contribution in [0.5, 0.6) is 5.75 Å². The molecule has 20 heavy (non-hydrogen) atoms. The van der Waals surface area contributed by atoms with Gasteiger partial charge in [0.15, 0.2) is 0 Å². The molecule has 0 spiro atoms. The Morgan fingerprint density at radius 1 is 1.20 bits per heavy atom. The van der Waals surface area contributed by atoms with Gasteiger partial charge in [-0.2, -0.15) is 0 Å². The predicted molar refractivity (Wildman–Crippen MR) is 79.7 cm³/mol. The summed E-state index contributed by atoms with van der Waals surface area (Å²) < 4.78 is 5.67. The number of pyridine rings is 1. The van der Waals surface area contributed by atoms with Gasteiger partial charge in [0.1, 0.15) is 5.75 Å². The monoisotopic (exact) mass is 271 g/mol. The van der Waals surface area contributed by atoms with E-state index >= 15 is 0 Å². The molecule has 1 N–H and O–H groups in total. The number of aliphatic hydroxyl groups is 1. The molecule has 1 heterocycles. The fourth-order valence-electron chi connectivity index (χ4n) is 2.09. The number of aliphatic hydroxyl groups excluding tert-OH is 1. The molecule has 0 saturated carbocycles. The SMILES string of the molecule is CC(C)Oc1cccc(CCC(O)c2cccnc2)c1. The average molecular weight is 271 g/mol. The van der Waals surface area contributed by atoms with Gasteiger partial charge in [-0.05, 0) is 56.0 Å². The fourth-order valence-corrected chi connectivity index (χ4v) is 2.09. The van der Waals surface area contributed by atoms with Crippen LogP contribution in [-0.2, 0) is 6.42 Å². The number of benzene rings is 1. The lowest BCUT2D eigenvalue weighted by Gasteiger charge is -2.12. The smallest absolute Gasteiger partial charge is 0.119 e. The van der Waals surface area contributed by atoms with Crippen LogP contribution in [0.1, 0.15) is 37.5 Å². The fraction of sp³-hybridized carbons (Fsp3) is 0.353.